The first-order chi connectivity index (χ1) is 8.19. The molecule has 0 saturated heterocycles. The number of nitrogens with two attached hydrogens (primary N) is 1. The summed E-state index contributed by atoms with van der Waals surface area (Å²) in [5.41, 5.74) is 8.18. The Morgan fingerprint density at radius 3 is 2.94 bits per heavy atom. The highest BCUT2D eigenvalue weighted by Gasteiger charge is 2.00. The Morgan fingerprint density at radius 2 is 2.24 bits per heavy atom. The molecule has 17 heavy (non-hydrogen) atoms. The van der Waals surface area contributed by atoms with Crippen molar-refractivity contribution < 1.29 is 0 Å². The largest absolute Gasteiger partial charge is 0.334 e. The first kappa shape index (κ1) is 11.5. The summed E-state index contributed by atoms with van der Waals surface area (Å²) in [6, 6.07) is 8.23. The minimum absolute atomic E-state index is 0.223. The van der Waals surface area contributed by atoms with Gasteiger partial charge >= 0.3 is 0 Å². The zero-order chi connectivity index (χ0) is 12.3. The molecule has 4 heteroatoms. The summed E-state index contributed by atoms with van der Waals surface area (Å²) in [5.74, 6) is 0. The van der Waals surface area contributed by atoms with Crippen LogP contribution in [0.15, 0.2) is 41.6 Å². The van der Waals surface area contributed by atoms with Crippen molar-refractivity contribution in [1.29, 1.82) is 0 Å². The van der Waals surface area contributed by atoms with E-state index >= 15 is 0 Å². The molecule has 1 aromatic carbocycles. The lowest BCUT2D eigenvalue weighted by atomic mass is 10.1. The maximum Gasteiger partial charge on any atom is 0.277 e. The first-order valence-corrected chi connectivity index (χ1v) is 5.49. The summed E-state index contributed by atoms with van der Waals surface area (Å²) in [7, 11) is 0. The maximum absolute atomic E-state index is 11.3. The zero-order valence-electron chi connectivity index (χ0n) is 9.76. The second kappa shape index (κ2) is 4.93. The van der Waals surface area contributed by atoms with E-state index in [0.717, 1.165) is 0 Å². The summed E-state index contributed by atoms with van der Waals surface area (Å²) < 4.78 is 1.87. The molecule has 0 unspecified atom stereocenters. The molecule has 0 bridgehead atoms. The molecule has 2 rings (SSSR count). The van der Waals surface area contributed by atoms with Crippen LogP contribution in [-0.4, -0.2) is 9.55 Å². The Morgan fingerprint density at radius 1 is 1.41 bits per heavy atom. The van der Waals surface area contributed by atoms with Crippen molar-refractivity contribution in [2.75, 3.05) is 0 Å². The van der Waals surface area contributed by atoms with Crippen molar-refractivity contribution in [2.24, 2.45) is 5.73 Å². The number of aryl methyl sites for hydroxylation is 1. The SMILES string of the molecule is Cc1cccc(Cn2cnc(=O)c(CN)c2)c1. The third-order valence-corrected chi connectivity index (χ3v) is 2.59. The zero-order valence-corrected chi connectivity index (χ0v) is 9.76. The van der Waals surface area contributed by atoms with Gasteiger partial charge in [0.05, 0.1) is 6.33 Å². The first-order valence-electron chi connectivity index (χ1n) is 5.49. The molecule has 88 valence electrons. The van der Waals surface area contributed by atoms with Crippen LogP contribution >= 0.6 is 0 Å². The number of nitrogens with zero attached hydrogens (tertiary/aromatic N) is 2. The Balaban J connectivity index is 2.27. The molecule has 0 aliphatic carbocycles. The second-order valence-electron chi connectivity index (χ2n) is 4.07. The Hall–Kier alpha value is -1.94. The van der Waals surface area contributed by atoms with Gasteiger partial charge in [-0.25, -0.2) is 0 Å². The molecule has 1 aromatic heterocycles. The lowest BCUT2D eigenvalue weighted by molar-refractivity contribution is 0.743. The summed E-state index contributed by atoms with van der Waals surface area (Å²) in [6.45, 7) is 2.97. The molecule has 0 aliphatic rings. The molecular formula is C13H15N3O. The van der Waals surface area contributed by atoms with Gasteiger partial charge in [-0.2, -0.15) is 4.98 Å². The lowest BCUT2D eigenvalue weighted by Gasteiger charge is -2.07. The molecule has 1 heterocycles. The number of benzene rings is 1. The molecule has 0 radical (unpaired) electrons. The fraction of sp³-hybridized carbons (Fsp3) is 0.231. The number of hydrogen-bond donors (Lipinski definition) is 1. The van der Waals surface area contributed by atoms with E-state index in [-0.39, 0.29) is 12.1 Å². The topological polar surface area (TPSA) is 60.9 Å². The highest BCUT2D eigenvalue weighted by Crippen LogP contribution is 2.05. The van der Waals surface area contributed by atoms with E-state index in [1.807, 2.05) is 16.7 Å². The van der Waals surface area contributed by atoms with Gasteiger partial charge in [-0.15, -0.1) is 0 Å². The molecular weight excluding hydrogens is 214 g/mol. The molecule has 0 amide bonds. The van der Waals surface area contributed by atoms with E-state index in [9.17, 15) is 4.79 Å². The van der Waals surface area contributed by atoms with Gasteiger partial charge < -0.3 is 10.3 Å². The molecule has 0 spiro atoms. The van der Waals surface area contributed by atoms with Gasteiger partial charge in [0.25, 0.3) is 5.56 Å². The third-order valence-electron chi connectivity index (χ3n) is 2.59. The second-order valence-corrected chi connectivity index (χ2v) is 4.07. The quantitative estimate of drug-likeness (QED) is 0.856. The van der Waals surface area contributed by atoms with Crippen molar-refractivity contribution in [2.45, 2.75) is 20.0 Å². The van der Waals surface area contributed by atoms with E-state index in [1.54, 1.807) is 12.5 Å². The molecule has 2 N–H and O–H groups in total. The van der Waals surface area contributed by atoms with Crippen LogP contribution in [0.4, 0.5) is 0 Å². The standard InChI is InChI=1S/C13H15N3O/c1-10-3-2-4-11(5-10)7-16-8-12(6-14)13(17)15-9-16/h2-5,8-9H,6-7,14H2,1H3. The van der Waals surface area contributed by atoms with Gasteiger partial charge in [-0.05, 0) is 12.5 Å². The minimum Gasteiger partial charge on any atom is -0.334 e. The van der Waals surface area contributed by atoms with Crippen molar-refractivity contribution in [3.63, 3.8) is 0 Å². The summed E-state index contributed by atoms with van der Waals surface area (Å²) in [4.78, 5) is 15.1. The fourth-order valence-corrected chi connectivity index (χ4v) is 1.75. The van der Waals surface area contributed by atoms with Gasteiger partial charge in [0.2, 0.25) is 0 Å². The van der Waals surface area contributed by atoms with E-state index in [0.29, 0.717) is 12.1 Å². The molecule has 4 nitrogen and oxygen atoms in total. The van der Waals surface area contributed by atoms with Crippen LogP contribution in [-0.2, 0) is 13.1 Å². The van der Waals surface area contributed by atoms with Crippen molar-refractivity contribution in [3.8, 4) is 0 Å². The number of rotatable bonds is 3. The Kier molecular flexibility index (Phi) is 3.35. The van der Waals surface area contributed by atoms with Crippen LogP contribution in [0.25, 0.3) is 0 Å². The normalized spacial score (nSPS) is 10.5. The van der Waals surface area contributed by atoms with E-state index in [1.165, 1.54) is 11.1 Å². The average molecular weight is 229 g/mol. The fourth-order valence-electron chi connectivity index (χ4n) is 1.75. The predicted octanol–water partition coefficient (Wildman–Crippen LogP) is 1.06. The van der Waals surface area contributed by atoms with Gasteiger partial charge in [0, 0.05) is 24.8 Å². The molecule has 2 aromatic rings. The summed E-state index contributed by atoms with van der Waals surface area (Å²) in [6.07, 6.45) is 3.31. The van der Waals surface area contributed by atoms with E-state index < -0.39 is 0 Å². The van der Waals surface area contributed by atoms with E-state index in [2.05, 4.69) is 24.0 Å². The minimum atomic E-state index is -0.243. The smallest absolute Gasteiger partial charge is 0.277 e. The highest BCUT2D eigenvalue weighted by molar-refractivity contribution is 5.22. The molecule has 0 aliphatic heterocycles. The summed E-state index contributed by atoms with van der Waals surface area (Å²) >= 11 is 0. The van der Waals surface area contributed by atoms with Gasteiger partial charge in [-0.3, -0.25) is 4.79 Å². The monoisotopic (exact) mass is 229 g/mol. The van der Waals surface area contributed by atoms with Gasteiger partial charge in [-0.1, -0.05) is 29.8 Å². The van der Waals surface area contributed by atoms with Crippen molar-refractivity contribution in [3.05, 3.63) is 63.8 Å². The Labute approximate surface area is 99.7 Å². The van der Waals surface area contributed by atoms with E-state index in [4.69, 9.17) is 5.73 Å². The summed E-state index contributed by atoms with van der Waals surface area (Å²) in [5, 5.41) is 0. The number of hydrogen-bond acceptors (Lipinski definition) is 3. The van der Waals surface area contributed by atoms with Gasteiger partial charge in [0.1, 0.15) is 0 Å². The van der Waals surface area contributed by atoms with Crippen LogP contribution in [0, 0.1) is 6.92 Å². The van der Waals surface area contributed by atoms with Crippen LogP contribution in [0.3, 0.4) is 0 Å². The number of aromatic nitrogens is 2. The van der Waals surface area contributed by atoms with Crippen LogP contribution in [0.2, 0.25) is 0 Å². The Bertz CT molecular complexity index is 575. The molecule has 0 saturated carbocycles. The maximum atomic E-state index is 11.3. The van der Waals surface area contributed by atoms with Crippen molar-refractivity contribution >= 4 is 0 Å². The van der Waals surface area contributed by atoms with Crippen LogP contribution < -0.4 is 11.3 Å². The van der Waals surface area contributed by atoms with Crippen LogP contribution in [0.5, 0.6) is 0 Å². The molecule has 0 fully saturated rings. The highest BCUT2D eigenvalue weighted by atomic mass is 16.1. The van der Waals surface area contributed by atoms with Crippen molar-refractivity contribution in [1.82, 2.24) is 9.55 Å². The average Bonchev–Trinajstić information content (AvgIpc) is 2.32. The predicted molar refractivity (Wildman–Crippen MR) is 66.7 cm³/mol. The third kappa shape index (κ3) is 2.79. The lowest BCUT2D eigenvalue weighted by Crippen LogP contribution is -2.19. The molecule has 0 atom stereocenters. The van der Waals surface area contributed by atoms with Gasteiger partial charge in [0.15, 0.2) is 0 Å². The van der Waals surface area contributed by atoms with Crippen LogP contribution in [0.1, 0.15) is 16.7 Å².